The molecule has 0 bridgehead atoms. The number of fused-ring (bicyclic) bond motifs is 2. The Kier molecular flexibility index (Phi) is 4.00. The number of nitrogens with zero attached hydrogens (tertiary/aromatic N) is 6. The molecule has 0 amide bonds. The van der Waals surface area contributed by atoms with Gasteiger partial charge in [-0.25, -0.2) is 14.6 Å². The van der Waals surface area contributed by atoms with Crippen molar-refractivity contribution < 1.29 is 0 Å². The Bertz CT molecular complexity index is 1450. The van der Waals surface area contributed by atoms with E-state index in [9.17, 15) is 5.26 Å². The van der Waals surface area contributed by atoms with Gasteiger partial charge in [0.2, 0.25) is 0 Å². The van der Waals surface area contributed by atoms with Gasteiger partial charge in [0, 0.05) is 22.8 Å². The predicted molar refractivity (Wildman–Crippen MR) is 116 cm³/mol. The monoisotopic (exact) mass is 393 g/mol. The molecule has 1 unspecified atom stereocenters. The number of aromatic nitrogens is 5. The number of hydrogen-bond donors (Lipinski definition) is 1. The maximum absolute atomic E-state index is 9.70. The first-order valence-electron chi connectivity index (χ1n) is 9.65. The molecule has 0 saturated carbocycles. The summed E-state index contributed by atoms with van der Waals surface area (Å²) in [6, 6.07) is 18.0. The summed E-state index contributed by atoms with van der Waals surface area (Å²) < 4.78 is 4.00. The van der Waals surface area contributed by atoms with Gasteiger partial charge in [-0.3, -0.25) is 0 Å². The highest BCUT2D eigenvalue weighted by molar-refractivity contribution is 5.88. The van der Waals surface area contributed by atoms with Gasteiger partial charge < -0.3 is 10.1 Å². The van der Waals surface area contributed by atoms with E-state index in [1.807, 2.05) is 54.2 Å². The van der Waals surface area contributed by atoms with Crippen LogP contribution in [-0.4, -0.2) is 24.1 Å². The van der Waals surface area contributed by atoms with Gasteiger partial charge in [0.15, 0.2) is 5.65 Å². The SMILES string of the molecule is Cc1nn(C(C)c2cc3ccccn3c2-c2ccccc2C#N)c2ncnc(N)c12. The van der Waals surface area contributed by atoms with Crippen LogP contribution in [0.1, 0.15) is 29.8 Å². The third kappa shape index (κ3) is 2.54. The van der Waals surface area contributed by atoms with Gasteiger partial charge in [0.1, 0.15) is 12.1 Å². The van der Waals surface area contributed by atoms with Crippen LogP contribution in [0.4, 0.5) is 5.82 Å². The van der Waals surface area contributed by atoms with Crippen LogP contribution in [0.25, 0.3) is 27.8 Å². The molecule has 4 heterocycles. The van der Waals surface area contributed by atoms with E-state index in [0.717, 1.165) is 33.4 Å². The summed E-state index contributed by atoms with van der Waals surface area (Å²) in [4.78, 5) is 8.56. The summed E-state index contributed by atoms with van der Waals surface area (Å²) in [6.45, 7) is 3.99. The molecular formula is C23H19N7. The summed E-state index contributed by atoms with van der Waals surface area (Å²) in [6.07, 6.45) is 3.48. The Hall–Kier alpha value is -4.18. The van der Waals surface area contributed by atoms with Crippen molar-refractivity contribution in [3.8, 4) is 17.3 Å². The lowest BCUT2D eigenvalue weighted by molar-refractivity contribution is 0.576. The second-order valence-corrected chi connectivity index (χ2v) is 7.26. The molecule has 1 atom stereocenters. The lowest BCUT2D eigenvalue weighted by Crippen LogP contribution is -2.10. The first-order chi connectivity index (χ1) is 14.6. The second-order valence-electron chi connectivity index (χ2n) is 7.26. The van der Waals surface area contributed by atoms with Gasteiger partial charge in [-0.05, 0) is 38.1 Å². The molecule has 146 valence electrons. The van der Waals surface area contributed by atoms with E-state index < -0.39 is 0 Å². The lowest BCUT2D eigenvalue weighted by Gasteiger charge is -2.16. The third-order valence-corrected chi connectivity index (χ3v) is 5.52. The molecule has 0 aliphatic carbocycles. The van der Waals surface area contributed by atoms with Crippen molar-refractivity contribution in [3.05, 3.63) is 77.9 Å². The number of nitrogen functional groups attached to an aromatic ring is 1. The van der Waals surface area contributed by atoms with Gasteiger partial charge >= 0.3 is 0 Å². The van der Waals surface area contributed by atoms with Gasteiger partial charge in [-0.15, -0.1) is 0 Å². The molecule has 1 aromatic carbocycles. The summed E-state index contributed by atoms with van der Waals surface area (Å²) in [5.41, 5.74) is 12.1. The Morgan fingerprint density at radius 1 is 1.10 bits per heavy atom. The summed E-state index contributed by atoms with van der Waals surface area (Å²) >= 11 is 0. The van der Waals surface area contributed by atoms with Gasteiger partial charge in [0.05, 0.1) is 34.4 Å². The van der Waals surface area contributed by atoms with Gasteiger partial charge in [-0.1, -0.05) is 24.3 Å². The molecule has 0 aliphatic rings. The zero-order valence-electron chi connectivity index (χ0n) is 16.6. The van der Waals surface area contributed by atoms with Crippen molar-refractivity contribution in [2.24, 2.45) is 0 Å². The Labute approximate surface area is 173 Å². The van der Waals surface area contributed by atoms with Crippen LogP contribution in [0.2, 0.25) is 0 Å². The first kappa shape index (κ1) is 17.9. The molecule has 0 radical (unpaired) electrons. The Morgan fingerprint density at radius 2 is 1.90 bits per heavy atom. The van der Waals surface area contributed by atoms with Crippen LogP contribution in [-0.2, 0) is 0 Å². The minimum atomic E-state index is -0.142. The minimum absolute atomic E-state index is 0.142. The van der Waals surface area contributed by atoms with Crippen molar-refractivity contribution >= 4 is 22.4 Å². The lowest BCUT2D eigenvalue weighted by atomic mass is 9.99. The number of nitriles is 1. The number of rotatable bonds is 3. The fourth-order valence-corrected chi connectivity index (χ4v) is 4.11. The van der Waals surface area contributed by atoms with Crippen LogP contribution in [0.15, 0.2) is 61.1 Å². The van der Waals surface area contributed by atoms with E-state index in [4.69, 9.17) is 10.8 Å². The van der Waals surface area contributed by atoms with E-state index >= 15 is 0 Å². The number of hydrogen-bond acceptors (Lipinski definition) is 5. The van der Waals surface area contributed by atoms with E-state index in [0.29, 0.717) is 17.0 Å². The standard InChI is InChI=1S/C23H19N7/c1-14-20-22(25)26-13-27-23(20)30(28-14)15(2)19-11-17-8-5-6-10-29(17)21(19)18-9-4-3-7-16(18)12-24/h3-11,13,15H,1-2H3,(H2,25,26,27). The topological polar surface area (TPSA) is 97.8 Å². The maximum atomic E-state index is 9.70. The van der Waals surface area contributed by atoms with Crippen LogP contribution in [0.3, 0.4) is 0 Å². The minimum Gasteiger partial charge on any atom is -0.383 e. The Morgan fingerprint density at radius 3 is 2.73 bits per heavy atom. The molecule has 5 rings (SSSR count). The second kappa shape index (κ2) is 6.71. The molecule has 5 aromatic rings. The molecule has 0 fully saturated rings. The molecule has 30 heavy (non-hydrogen) atoms. The smallest absolute Gasteiger partial charge is 0.164 e. The molecule has 7 heteroatoms. The molecule has 7 nitrogen and oxygen atoms in total. The molecule has 4 aromatic heterocycles. The largest absolute Gasteiger partial charge is 0.383 e. The average molecular weight is 393 g/mol. The summed E-state index contributed by atoms with van der Waals surface area (Å²) in [5.74, 6) is 0.424. The van der Waals surface area contributed by atoms with Crippen LogP contribution in [0.5, 0.6) is 0 Å². The maximum Gasteiger partial charge on any atom is 0.164 e. The van der Waals surface area contributed by atoms with Crippen LogP contribution < -0.4 is 5.73 Å². The van der Waals surface area contributed by atoms with E-state index in [2.05, 4.69) is 39.5 Å². The van der Waals surface area contributed by atoms with Crippen molar-refractivity contribution in [1.82, 2.24) is 24.1 Å². The average Bonchev–Trinajstić information content (AvgIpc) is 3.32. The number of aryl methyl sites for hydroxylation is 1. The number of nitrogens with two attached hydrogens (primary N) is 1. The highest BCUT2D eigenvalue weighted by atomic mass is 15.3. The highest BCUT2D eigenvalue weighted by Gasteiger charge is 2.24. The molecule has 0 aliphatic heterocycles. The van der Waals surface area contributed by atoms with E-state index in [-0.39, 0.29) is 6.04 Å². The van der Waals surface area contributed by atoms with Crippen molar-refractivity contribution in [1.29, 1.82) is 5.26 Å². The number of benzene rings is 1. The highest BCUT2D eigenvalue weighted by Crippen LogP contribution is 2.36. The first-order valence-corrected chi connectivity index (χ1v) is 9.65. The third-order valence-electron chi connectivity index (χ3n) is 5.52. The van der Waals surface area contributed by atoms with Gasteiger partial charge in [-0.2, -0.15) is 10.4 Å². The van der Waals surface area contributed by atoms with Crippen LogP contribution in [0, 0.1) is 18.3 Å². The summed E-state index contributed by atoms with van der Waals surface area (Å²) in [5, 5.41) is 15.2. The van der Waals surface area contributed by atoms with Crippen LogP contribution >= 0.6 is 0 Å². The van der Waals surface area contributed by atoms with Gasteiger partial charge in [0.25, 0.3) is 0 Å². The number of anilines is 1. The zero-order chi connectivity index (χ0) is 20.8. The Balaban J connectivity index is 1.81. The number of pyridine rings is 1. The molecular weight excluding hydrogens is 374 g/mol. The predicted octanol–water partition coefficient (Wildman–Crippen LogP) is 4.12. The normalized spacial score (nSPS) is 12.3. The van der Waals surface area contributed by atoms with Crippen molar-refractivity contribution in [2.75, 3.05) is 5.73 Å². The van der Waals surface area contributed by atoms with E-state index in [1.165, 1.54) is 6.33 Å². The fourth-order valence-electron chi connectivity index (χ4n) is 4.11. The molecule has 0 spiro atoms. The quantitative estimate of drug-likeness (QED) is 0.497. The fraction of sp³-hybridized carbons (Fsp3) is 0.130. The summed E-state index contributed by atoms with van der Waals surface area (Å²) in [7, 11) is 0. The van der Waals surface area contributed by atoms with E-state index in [1.54, 1.807) is 0 Å². The zero-order valence-corrected chi connectivity index (χ0v) is 16.6. The van der Waals surface area contributed by atoms with Crippen molar-refractivity contribution in [2.45, 2.75) is 19.9 Å². The molecule has 0 saturated heterocycles. The molecule has 2 N–H and O–H groups in total. The van der Waals surface area contributed by atoms with Crippen molar-refractivity contribution in [3.63, 3.8) is 0 Å².